The van der Waals surface area contributed by atoms with Crippen LogP contribution in [0.5, 0.6) is 28.7 Å². The Balaban J connectivity index is 1.53. The molecule has 3 heterocycles. The van der Waals surface area contributed by atoms with Crippen molar-refractivity contribution >= 4 is 22.8 Å². The first-order valence-electron chi connectivity index (χ1n) is 13.5. The fourth-order valence-electron chi connectivity index (χ4n) is 5.47. The minimum absolute atomic E-state index is 0.0825. The quantitative estimate of drug-likeness (QED) is 0.402. The van der Waals surface area contributed by atoms with Gasteiger partial charge in [-0.25, -0.2) is 9.59 Å². The number of rotatable bonds is 6. The van der Waals surface area contributed by atoms with Crippen LogP contribution in [0.2, 0.25) is 0 Å². The number of hydrogen-bond acceptors (Lipinski definition) is 12. The molecule has 1 unspecified atom stereocenters. The van der Waals surface area contributed by atoms with E-state index in [9.17, 15) is 19.8 Å². The van der Waals surface area contributed by atoms with Crippen molar-refractivity contribution in [3.05, 3.63) is 41.5 Å². The Labute approximate surface area is 246 Å². The van der Waals surface area contributed by atoms with Gasteiger partial charge in [0.25, 0.3) is 0 Å². The number of methoxy groups -OCH3 is 2. The number of benzene rings is 3. The lowest BCUT2D eigenvalue weighted by Gasteiger charge is -2.41. The maximum Gasteiger partial charge on any atom is 0.409 e. The minimum atomic E-state index is -1.59. The van der Waals surface area contributed by atoms with E-state index in [2.05, 4.69) is 0 Å². The predicted octanol–water partition coefficient (Wildman–Crippen LogP) is 2.84. The molecule has 1 amide bonds. The lowest BCUT2D eigenvalue weighted by atomic mass is 9.89. The minimum Gasteiger partial charge on any atom is -0.493 e. The molecule has 0 radical (unpaired) electrons. The van der Waals surface area contributed by atoms with E-state index in [1.54, 1.807) is 31.2 Å². The van der Waals surface area contributed by atoms with Crippen molar-refractivity contribution in [1.29, 1.82) is 0 Å². The molecule has 5 atom stereocenters. The Morgan fingerprint density at radius 1 is 0.930 bits per heavy atom. The predicted molar refractivity (Wildman–Crippen MR) is 149 cm³/mol. The first-order chi connectivity index (χ1) is 20.6. The number of nitrogens with zero attached hydrogens (tertiary/aromatic N) is 1. The molecule has 13 heteroatoms. The van der Waals surface area contributed by atoms with E-state index in [1.165, 1.54) is 33.2 Å². The van der Waals surface area contributed by atoms with Crippen LogP contribution in [0.3, 0.4) is 0 Å². The third-order valence-corrected chi connectivity index (χ3v) is 7.69. The first kappa shape index (κ1) is 28.6. The summed E-state index contributed by atoms with van der Waals surface area (Å²) in [6, 6.07) is 8.77. The van der Waals surface area contributed by atoms with E-state index in [-0.39, 0.29) is 24.7 Å². The Bertz CT molecular complexity index is 1600. The van der Waals surface area contributed by atoms with E-state index in [0.717, 1.165) is 0 Å². The SMILES string of the molecule is COc1cc2c(OC3O[C@H](C)[C@@H](O)[C@H](OC(=O)N(C)C)[C@H]3O)c3c(c(-c4ccc5c(c4)OCO5)c2cc1OC)C(=O)OC3. The molecule has 43 heavy (non-hydrogen) atoms. The molecule has 1 fully saturated rings. The lowest BCUT2D eigenvalue weighted by Crippen LogP contribution is -2.60. The molecule has 0 bridgehead atoms. The van der Waals surface area contributed by atoms with Crippen LogP contribution in [-0.4, -0.2) is 93.0 Å². The topological polar surface area (TPSA) is 152 Å². The summed E-state index contributed by atoms with van der Waals surface area (Å²) < 4.78 is 45.3. The van der Waals surface area contributed by atoms with Gasteiger partial charge in [-0.2, -0.15) is 0 Å². The van der Waals surface area contributed by atoms with Crippen molar-refractivity contribution in [2.45, 2.75) is 44.2 Å². The summed E-state index contributed by atoms with van der Waals surface area (Å²) in [5.74, 6) is 1.50. The summed E-state index contributed by atoms with van der Waals surface area (Å²) in [5.41, 5.74) is 1.87. The molecule has 0 aromatic heterocycles. The van der Waals surface area contributed by atoms with Crippen LogP contribution in [-0.2, 0) is 20.8 Å². The fourth-order valence-corrected chi connectivity index (χ4v) is 5.47. The summed E-state index contributed by atoms with van der Waals surface area (Å²) in [6.07, 6.45) is -7.31. The number of carbonyl (C=O) groups is 2. The van der Waals surface area contributed by atoms with Crippen LogP contribution < -0.4 is 23.7 Å². The van der Waals surface area contributed by atoms with Crippen LogP contribution in [0, 0.1) is 0 Å². The maximum absolute atomic E-state index is 13.3. The number of esters is 1. The highest BCUT2D eigenvalue weighted by atomic mass is 16.7. The summed E-state index contributed by atoms with van der Waals surface area (Å²) in [4.78, 5) is 26.8. The number of amides is 1. The molecule has 0 spiro atoms. The molecule has 3 aliphatic rings. The van der Waals surface area contributed by atoms with Crippen LogP contribution in [0.4, 0.5) is 4.79 Å². The zero-order valence-electron chi connectivity index (χ0n) is 24.1. The fraction of sp³-hybridized carbons (Fsp3) is 0.400. The average molecular weight is 598 g/mol. The van der Waals surface area contributed by atoms with Gasteiger partial charge in [-0.05, 0) is 42.1 Å². The third-order valence-electron chi connectivity index (χ3n) is 7.69. The number of carbonyl (C=O) groups excluding carboxylic acids is 2. The molecule has 3 aromatic rings. The van der Waals surface area contributed by atoms with Crippen LogP contribution >= 0.6 is 0 Å². The summed E-state index contributed by atoms with van der Waals surface area (Å²) in [6.45, 7) is 1.53. The molecule has 0 saturated carbocycles. The number of ether oxygens (including phenoxy) is 8. The Morgan fingerprint density at radius 2 is 1.63 bits per heavy atom. The number of fused-ring (bicyclic) bond motifs is 3. The number of aliphatic hydroxyl groups excluding tert-OH is 2. The first-order valence-corrected chi connectivity index (χ1v) is 13.5. The van der Waals surface area contributed by atoms with Gasteiger partial charge in [0.1, 0.15) is 18.5 Å². The molecule has 3 aliphatic heterocycles. The van der Waals surface area contributed by atoms with Crippen molar-refractivity contribution < 1.29 is 57.7 Å². The molecule has 228 valence electrons. The van der Waals surface area contributed by atoms with Crippen LogP contribution in [0.15, 0.2) is 30.3 Å². The third kappa shape index (κ3) is 4.79. The van der Waals surface area contributed by atoms with E-state index in [4.69, 9.17) is 37.9 Å². The van der Waals surface area contributed by atoms with Crippen molar-refractivity contribution in [2.24, 2.45) is 0 Å². The molecule has 13 nitrogen and oxygen atoms in total. The number of hydrogen-bond donors (Lipinski definition) is 2. The highest BCUT2D eigenvalue weighted by Crippen LogP contribution is 2.49. The Hall–Kier alpha value is -4.46. The van der Waals surface area contributed by atoms with Gasteiger partial charge in [0.15, 0.2) is 35.2 Å². The van der Waals surface area contributed by atoms with Gasteiger partial charge >= 0.3 is 12.1 Å². The van der Waals surface area contributed by atoms with E-state index in [1.807, 2.05) is 6.07 Å². The van der Waals surface area contributed by atoms with E-state index < -0.39 is 42.8 Å². The molecule has 1 saturated heterocycles. The smallest absolute Gasteiger partial charge is 0.409 e. The van der Waals surface area contributed by atoms with Gasteiger partial charge in [0.2, 0.25) is 13.1 Å². The molecule has 3 aromatic carbocycles. The van der Waals surface area contributed by atoms with Gasteiger partial charge in [-0.1, -0.05) is 6.07 Å². The second-order valence-electron chi connectivity index (χ2n) is 10.5. The van der Waals surface area contributed by atoms with Crippen molar-refractivity contribution in [2.75, 3.05) is 35.1 Å². The zero-order valence-corrected chi connectivity index (χ0v) is 24.1. The molecule has 0 aliphatic carbocycles. The standard InChI is InChI=1S/C30H31NO12/c1-13-24(32)27(43-30(35)31(2)3)25(33)29(41-13)42-26-16-10-20(37-5)19(36-4)9-15(16)22(23-17(26)11-38-28(23)34)14-6-7-18-21(8-14)40-12-39-18/h6-10,13,24-25,27,29,32-33H,11-12H2,1-5H3/t13-,24-,25-,27+,29?/m1/s1. The van der Waals surface area contributed by atoms with Gasteiger partial charge in [-0.3, -0.25) is 0 Å². The normalized spacial score (nSPS) is 23.9. The van der Waals surface area contributed by atoms with Gasteiger partial charge < -0.3 is 53.0 Å². The monoisotopic (exact) mass is 597 g/mol. The molecule has 6 rings (SSSR count). The van der Waals surface area contributed by atoms with Crippen LogP contribution in [0.25, 0.3) is 21.9 Å². The van der Waals surface area contributed by atoms with Crippen molar-refractivity contribution in [3.8, 4) is 39.9 Å². The number of cyclic esters (lactones) is 1. The van der Waals surface area contributed by atoms with Gasteiger partial charge in [0, 0.05) is 30.6 Å². The summed E-state index contributed by atoms with van der Waals surface area (Å²) >= 11 is 0. The zero-order chi connectivity index (χ0) is 30.6. The van der Waals surface area contributed by atoms with Crippen molar-refractivity contribution in [3.63, 3.8) is 0 Å². The van der Waals surface area contributed by atoms with Gasteiger partial charge in [0.05, 0.1) is 25.9 Å². The largest absolute Gasteiger partial charge is 0.493 e. The summed E-state index contributed by atoms with van der Waals surface area (Å²) in [5, 5.41) is 23.0. The van der Waals surface area contributed by atoms with Gasteiger partial charge in [-0.15, -0.1) is 0 Å². The van der Waals surface area contributed by atoms with Crippen molar-refractivity contribution in [1.82, 2.24) is 4.90 Å². The van der Waals surface area contributed by atoms with E-state index >= 15 is 0 Å². The molecular formula is C30H31NO12. The number of aliphatic hydroxyl groups is 2. The second kappa shape index (κ2) is 11.0. The highest BCUT2D eigenvalue weighted by molar-refractivity contribution is 6.14. The Kier molecular flexibility index (Phi) is 7.32. The lowest BCUT2D eigenvalue weighted by molar-refractivity contribution is -0.268. The van der Waals surface area contributed by atoms with E-state index in [0.29, 0.717) is 50.5 Å². The second-order valence-corrected chi connectivity index (χ2v) is 10.5. The highest BCUT2D eigenvalue weighted by Gasteiger charge is 2.47. The molecular weight excluding hydrogens is 566 g/mol. The maximum atomic E-state index is 13.3. The Morgan fingerprint density at radius 3 is 2.33 bits per heavy atom. The van der Waals surface area contributed by atoms with Crippen LogP contribution in [0.1, 0.15) is 22.8 Å². The molecule has 2 N–H and O–H groups in total. The average Bonchev–Trinajstić information content (AvgIpc) is 3.63. The summed E-state index contributed by atoms with van der Waals surface area (Å²) in [7, 11) is 5.95.